The molecule has 3 aromatic carbocycles. The lowest BCUT2D eigenvalue weighted by Crippen LogP contribution is -2.39. The Balaban J connectivity index is 1.23. The number of nitrogens with zero attached hydrogens (tertiary/aromatic N) is 1. The summed E-state index contributed by atoms with van der Waals surface area (Å²) in [6, 6.07) is 15.8. The molecular weight excluding hydrogens is 628 g/mol. The highest BCUT2D eigenvalue weighted by Crippen LogP contribution is 2.40. The number of halogens is 1. The van der Waals surface area contributed by atoms with E-state index in [9.17, 15) is 23.4 Å². The van der Waals surface area contributed by atoms with Crippen LogP contribution in [-0.2, 0) is 40.5 Å². The summed E-state index contributed by atoms with van der Waals surface area (Å²) >= 11 is 5.95. The molecule has 9 nitrogen and oxygen atoms in total. The van der Waals surface area contributed by atoms with E-state index in [0.29, 0.717) is 42.2 Å². The number of aliphatic hydroxyl groups is 1. The summed E-state index contributed by atoms with van der Waals surface area (Å²) in [5.74, 6) is 0.456. The maximum Gasteiger partial charge on any atom is 0.303 e. The maximum absolute atomic E-state index is 13.1. The molecule has 248 valence electrons. The second-order valence-electron chi connectivity index (χ2n) is 12.3. The molecule has 5 rings (SSSR count). The molecule has 0 radical (unpaired) electrons. The summed E-state index contributed by atoms with van der Waals surface area (Å²) in [6.45, 7) is 2.56. The zero-order chi connectivity index (χ0) is 32.8. The number of carboxylic acids is 1. The number of methoxy groups -OCH3 is 2. The third kappa shape index (κ3) is 8.22. The fraction of sp³-hybridized carbons (Fsp3) is 0.457. The molecule has 0 aromatic heterocycles. The van der Waals surface area contributed by atoms with Crippen molar-refractivity contribution < 1.29 is 32.9 Å². The van der Waals surface area contributed by atoms with Crippen LogP contribution in [0, 0.1) is 5.92 Å². The van der Waals surface area contributed by atoms with Gasteiger partial charge in [-0.05, 0) is 117 Å². The third-order valence-corrected chi connectivity index (χ3v) is 11.1. The van der Waals surface area contributed by atoms with Gasteiger partial charge in [0, 0.05) is 29.6 Å². The number of fused-ring (bicyclic) bond motifs is 1. The van der Waals surface area contributed by atoms with E-state index in [1.807, 2.05) is 18.2 Å². The standard InChI is InChI=1S/C35H43ClN2O7S/c1-44-32-5-3-4-31(35(32)45-2)34(41)24-15-18-38(19-16-24)17-14-23-20-25(6-13-33(39)40)30-12-9-28(22-26(30)21-23)37-46(42,43)29-10-7-27(36)8-11-29/h3-5,7-8,10-11,20-21,24,28,34,37,41H,6,9,12-19,22H2,1-2H3,(H,39,40). The molecule has 3 aromatic rings. The van der Waals surface area contributed by atoms with Gasteiger partial charge in [-0.15, -0.1) is 0 Å². The number of aliphatic carboxylic acids is 1. The van der Waals surface area contributed by atoms with E-state index in [-0.39, 0.29) is 23.3 Å². The number of benzene rings is 3. The molecule has 1 fully saturated rings. The number of aliphatic hydroxyl groups excluding tert-OH is 1. The molecule has 0 spiro atoms. The van der Waals surface area contributed by atoms with E-state index in [1.165, 1.54) is 12.1 Å². The molecule has 1 aliphatic carbocycles. The minimum absolute atomic E-state index is 0.0520. The molecule has 2 atom stereocenters. The Morgan fingerprint density at radius 2 is 1.78 bits per heavy atom. The van der Waals surface area contributed by atoms with Crippen molar-refractivity contribution >= 4 is 27.6 Å². The first kappa shape index (κ1) is 34.2. The van der Waals surface area contributed by atoms with Crippen molar-refractivity contribution in [3.05, 3.63) is 87.4 Å². The molecule has 11 heteroatoms. The molecule has 1 aliphatic heterocycles. The van der Waals surface area contributed by atoms with Gasteiger partial charge in [-0.3, -0.25) is 4.79 Å². The van der Waals surface area contributed by atoms with Crippen molar-refractivity contribution in [2.75, 3.05) is 33.9 Å². The van der Waals surface area contributed by atoms with Crippen LogP contribution in [0.1, 0.15) is 59.6 Å². The highest BCUT2D eigenvalue weighted by molar-refractivity contribution is 7.89. The molecule has 2 unspecified atom stereocenters. The average molecular weight is 671 g/mol. The Hall–Kier alpha value is -3.15. The molecular formula is C35H43ClN2O7S. The molecule has 0 bridgehead atoms. The fourth-order valence-electron chi connectivity index (χ4n) is 6.85. The number of nitrogens with one attached hydrogen (secondary N) is 1. The molecule has 2 aliphatic rings. The van der Waals surface area contributed by atoms with Crippen LogP contribution in [0.15, 0.2) is 59.5 Å². The Morgan fingerprint density at radius 3 is 2.46 bits per heavy atom. The highest BCUT2D eigenvalue weighted by atomic mass is 35.5. The summed E-state index contributed by atoms with van der Waals surface area (Å²) in [5, 5.41) is 21.1. The van der Waals surface area contributed by atoms with Gasteiger partial charge in [0.2, 0.25) is 10.0 Å². The second kappa shape index (κ2) is 15.2. The van der Waals surface area contributed by atoms with E-state index in [0.717, 1.165) is 66.7 Å². The molecule has 1 saturated heterocycles. The van der Waals surface area contributed by atoms with Crippen LogP contribution in [0.25, 0.3) is 0 Å². The Morgan fingerprint density at radius 1 is 1.04 bits per heavy atom. The van der Waals surface area contributed by atoms with Crippen molar-refractivity contribution in [3.8, 4) is 11.5 Å². The van der Waals surface area contributed by atoms with Crippen LogP contribution >= 0.6 is 11.6 Å². The average Bonchev–Trinajstić information content (AvgIpc) is 3.05. The zero-order valence-corrected chi connectivity index (χ0v) is 27.9. The van der Waals surface area contributed by atoms with Gasteiger partial charge in [-0.25, -0.2) is 13.1 Å². The second-order valence-corrected chi connectivity index (χ2v) is 14.4. The Kier molecular flexibility index (Phi) is 11.3. The van der Waals surface area contributed by atoms with Crippen molar-refractivity contribution in [1.29, 1.82) is 0 Å². The number of hydrogen-bond acceptors (Lipinski definition) is 7. The van der Waals surface area contributed by atoms with Crippen molar-refractivity contribution in [2.24, 2.45) is 5.92 Å². The van der Waals surface area contributed by atoms with Crippen LogP contribution in [0.2, 0.25) is 5.02 Å². The van der Waals surface area contributed by atoms with Gasteiger partial charge in [0.15, 0.2) is 11.5 Å². The topological polar surface area (TPSA) is 125 Å². The summed E-state index contributed by atoms with van der Waals surface area (Å²) in [6.07, 6.45) is 4.23. The van der Waals surface area contributed by atoms with Crippen molar-refractivity contribution in [3.63, 3.8) is 0 Å². The largest absolute Gasteiger partial charge is 0.493 e. The number of para-hydroxylation sites is 1. The van der Waals surface area contributed by atoms with Crippen molar-refractivity contribution in [1.82, 2.24) is 9.62 Å². The zero-order valence-electron chi connectivity index (χ0n) is 26.4. The number of ether oxygens (including phenoxy) is 2. The van der Waals surface area contributed by atoms with Gasteiger partial charge in [0.1, 0.15) is 0 Å². The summed E-state index contributed by atoms with van der Waals surface area (Å²) in [4.78, 5) is 14.0. The van der Waals surface area contributed by atoms with Crippen LogP contribution in [0.5, 0.6) is 11.5 Å². The minimum atomic E-state index is -3.71. The van der Waals surface area contributed by atoms with Gasteiger partial charge < -0.3 is 24.6 Å². The number of aryl methyl sites for hydroxylation is 1. The van der Waals surface area contributed by atoms with Crippen LogP contribution < -0.4 is 14.2 Å². The molecule has 0 saturated carbocycles. The van der Waals surface area contributed by atoms with Crippen LogP contribution in [0.3, 0.4) is 0 Å². The predicted octanol–water partition coefficient (Wildman–Crippen LogP) is 5.20. The van der Waals surface area contributed by atoms with Gasteiger partial charge in [-0.1, -0.05) is 35.9 Å². The normalized spacial score (nSPS) is 18.1. The predicted molar refractivity (Wildman–Crippen MR) is 177 cm³/mol. The Labute approximate surface area is 276 Å². The van der Waals surface area contributed by atoms with Crippen LogP contribution in [0.4, 0.5) is 0 Å². The molecule has 46 heavy (non-hydrogen) atoms. The lowest BCUT2D eigenvalue weighted by atomic mass is 9.83. The van der Waals surface area contributed by atoms with Gasteiger partial charge >= 0.3 is 5.97 Å². The number of hydrogen-bond donors (Lipinski definition) is 3. The minimum Gasteiger partial charge on any atom is -0.493 e. The number of carbonyl (C=O) groups is 1. The van der Waals surface area contributed by atoms with E-state index in [1.54, 1.807) is 26.4 Å². The lowest BCUT2D eigenvalue weighted by molar-refractivity contribution is -0.136. The number of likely N-dealkylation sites (tertiary alicyclic amines) is 1. The number of carboxylic acid groups (broad SMARTS) is 1. The summed E-state index contributed by atoms with van der Waals surface area (Å²) < 4.78 is 40.0. The first-order valence-corrected chi connectivity index (χ1v) is 17.7. The van der Waals surface area contributed by atoms with E-state index in [4.69, 9.17) is 21.1 Å². The SMILES string of the molecule is COc1cccc(C(O)C2CCN(CCc3cc(CCC(=O)O)c4c(c3)CC(NS(=O)(=O)c3ccc(Cl)cc3)CC4)CC2)c1OC. The molecule has 3 N–H and O–H groups in total. The highest BCUT2D eigenvalue weighted by Gasteiger charge is 2.30. The first-order chi connectivity index (χ1) is 22.1. The lowest BCUT2D eigenvalue weighted by Gasteiger charge is -2.35. The monoisotopic (exact) mass is 670 g/mol. The van der Waals surface area contributed by atoms with E-state index < -0.39 is 22.1 Å². The third-order valence-electron chi connectivity index (χ3n) is 9.31. The van der Waals surface area contributed by atoms with Gasteiger partial charge in [0.05, 0.1) is 25.2 Å². The fourth-order valence-corrected chi connectivity index (χ4v) is 8.24. The maximum atomic E-state index is 13.1. The summed E-state index contributed by atoms with van der Waals surface area (Å²) in [7, 11) is -0.528. The van der Waals surface area contributed by atoms with Gasteiger partial charge in [0.25, 0.3) is 0 Å². The van der Waals surface area contributed by atoms with Crippen LogP contribution in [-0.4, -0.2) is 69.4 Å². The van der Waals surface area contributed by atoms with Crippen molar-refractivity contribution in [2.45, 2.75) is 68.4 Å². The smallest absolute Gasteiger partial charge is 0.303 e. The molecule has 0 amide bonds. The Bertz CT molecular complexity index is 1620. The van der Waals surface area contributed by atoms with Gasteiger partial charge in [-0.2, -0.15) is 0 Å². The number of rotatable bonds is 13. The first-order valence-electron chi connectivity index (χ1n) is 15.8. The van der Waals surface area contributed by atoms with E-state index >= 15 is 0 Å². The summed E-state index contributed by atoms with van der Waals surface area (Å²) in [5.41, 5.74) is 5.15. The quantitative estimate of drug-likeness (QED) is 0.227. The molecule has 1 heterocycles. The van der Waals surface area contributed by atoms with E-state index in [2.05, 4.69) is 21.8 Å². The number of piperidine rings is 1. The number of sulfonamides is 1.